The molecule has 0 rings (SSSR count). The van der Waals surface area contributed by atoms with Crippen LogP contribution in [-0.2, 0) is 32.7 Å². The molecule has 10 heteroatoms. The van der Waals surface area contributed by atoms with Crippen LogP contribution in [0.25, 0.3) is 0 Å². The Hall–Kier alpha value is -3.59. The molecule has 0 aromatic carbocycles. The number of rotatable bonds is 59. The van der Waals surface area contributed by atoms with Gasteiger partial charge in [0.05, 0.1) is 13.2 Å². The maximum absolute atomic E-state index is 12.7. The molecule has 0 spiro atoms. The van der Waals surface area contributed by atoms with Gasteiger partial charge in [-0.25, -0.2) is 4.57 Å². The van der Waals surface area contributed by atoms with Gasteiger partial charge in [-0.3, -0.25) is 18.6 Å². The van der Waals surface area contributed by atoms with Crippen molar-refractivity contribution in [2.24, 2.45) is 5.73 Å². The number of carbonyl (C=O) groups excluding carboxylic acids is 2. The van der Waals surface area contributed by atoms with Gasteiger partial charge in [0.15, 0.2) is 6.10 Å². The summed E-state index contributed by atoms with van der Waals surface area (Å²) in [7, 11) is -4.40. The van der Waals surface area contributed by atoms with Gasteiger partial charge in [-0.2, -0.15) is 0 Å². The molecular weight excluding hydrogens is 1000 g/mol. The molecule has 79 heavy (non-hydrogen) atoms. The van der Waals surface area contributed by atoms with E-state index in [-0.39, 0.29) is 32.6 Å². The summed E-state index contributed by atoms with van der Waals surface area (Å²) in [6.45, 7) is 3.61. The standard InChI is InChI=1S/C69H118NO8P/c1-3-5-7-9-11-13-15-17-19-21-23-25-26-27-28-29-30-31-32-33-34-35-36-37-38-39-40-42-44-46-48-50-52-54-56-58-60-62-69(72)78-67(66-77-79(73,74)76-64-63-70)65-75-68(71)61-59-57-55-53-51-49-47-45-43-41-24-22-20-18-16-14-12-10-8-6-4-2/h5,7,11,13,16-19,22-25,27-28,30-31,33-34,43,45,67H,3-4,6,8-10,12,14-15,20-21,26,29,32,35-42,44,46-66,70H2,1-2H3,(H,73,74)/b7-5-,13-11-,18-16-,19-17-,24-22-,25-23-,28-27-,31-30-,34-33-,45-43-. The third-order valence-corrected chi connectivity index (χ3v) is 14.3. The van der Waals surface area contributed by atoms with Crippen LogP contribution in [0, 0.1) is 0 Å². The molecule has 452 valence electrons. The van der Waals surface area contributed by atoms with E-state index in [1.54, 1.807) is 0 Å². The molecule has 0 fully saturated rings. The molecule has 9 nitrogen and oxygen atoms in total. The largest absolute Gasteiger partial charge is 0.472 e. The van der Waals surface area contributed by atoms with Crippen molar-refractivity contribution in [2.75, 3.05) is 26.4 Å². The summed E-state index contributed by atoms with van der Waals surface area (Å²) in [4.78, 5) is 35.3. The predicted molar refractivity (Wildman–Crippen MR) is 339 cm³/mol. The minimum Gasteiger partial charge on any atom is -0.462 e. The smallest absolute Gasteiger partial charge is 0.462 e. The summed E-state index contributed by atoms with van der Waals surface area (Å²) in [5.74, 6) is -0.842. The van der Waals surface area contributed by atoms with Crippen LogP contribution in [0.1, 0.15) is 271 Å². The summed E-state index contributed by atoms with van der Waals surface area (Å²) >= 11 is 0. The summed E-state index contributed by atoms with van der Waals surface area (Å²) < 4.78 is 33.1. The van der Waals surface area contributed by atoms with Gasteiger partial charge >= 0.3 is 19.8 Å². The molecule has 0 amide bonds. The number of hydrogen-bond acceptors (Lipinski definition) is 8. The number of phosphoric ester groups is 1. The van der Waals surface area contributed by atoms with Crippen molar-refractivity contribution < 1.29 is 37.6 Å². The molecule has 0 aliphatic rings. The zero-order valence-electron chi connectivity index (χ0n) is 50.6. The van der Waals surface area contributed by atoms with E-state index in [9.17, 15) is 19.0 Å². The molecule has 3 N–H and O–H groups in total. The normalized spacial score (nSPS) is 13.8. The second kappa shape index (κ2) is 63.6. The van der Waals surface area contributed by atoms with Crippen LogP contribution in [-0.4, -0.2) is 49.3 Å². The maximum Gasteiger partial charge on any atom is 0.472 e. The topological polar surface area (TPSA) is 134 Å². The zero-order valence-corrected chi connectivity index (χ0v) is 51.5. The summed E-state index contributed by atoms with van der Waals surface area (Å²) in [6.07, 6.45) is 88.4. The second-order valence-corrected chi connectivity index (χ2v) is 22.3. The number of unbranched alkanes of at least 4 members (excludes halogenated alkanes) is 26. The fourth-order valence-electron chi connectivity index (χ4n) is 8.62. The van der Waals surface area contributed by atoms with Gasteiger partial charge in [0.1, 0.15) is 6.61 Å². The van der Waals surface area contributed by atoms with Gasteiger partial charge in [-0.15, -0.1) is 0 Å². The van der Waals surface area contributed by atoms with E-state index in [2.05, 4.69) is 135 Å². The molecule has 0 saturated heterocycles. The summed E-state index contributed by atoms with van der Waals surface area (Å²) in [5, 5.41) is 0. The number of ether oxygens (including phenoxy) is 2. The average Bonchev–Trinajstić information content (AvgIpc) is 3.44. The van der Waals surface area contributed by atoms with Crippen molar-refractivity contribution in [1.29, 1.82) is 0 Å². The molecule has 0 radical (unpaired) electrons. The number of carbonyl (C=O) groups is 2. The van der Waals surface area contributed by atoms with Gasteiger partial charge in [0, 0.05) is 19.4 Å². The predicted octanol–water partition coefficient (Wildman–Crippen LogP) is 20.7. The van der Waals surface area contributed by atoms with Crippen molar-refractivity contribution in [1.82, 2.24) is 0 Å². The van der Waals surface area contributed by atoms with Crippen LogP contribution in [0.2, 0.25) is 0 Å². The second-order valence-electron chi connectivity index (χ2n) is 20.9. The lowest BCUT2D eigenvalue weighted by molar-refractivity contribution is -0.161. The third-order valence-electron chi connectivity index (χ3n) is 13.3. The Morgan fingerprint density at radius 2 is 0.696 bits per heavy atom. The Morgan fingerprint density at radius 3 is 1.04 bits per heavy atom. The van der Waals surface area contributed by atoms with Crippen LogP contribution >= 0.6 is 7.82 Å². The lowest BCUT2D eigenvalue weighted by atomic mass is 10.0. The van der Waals surface area contributed by atoms with E-state index in [0.717, 1.165) is 103 Å². The van der Waals surface area contributed by atoms with E-state index < -0.39 is 32.5 Å². The van der Waals surface area contributed by atoms with Crippen molar-refractivity contribution >= 4 is 19.8 Å². The van der Waals surface area contributed by atoms with E-state index in [1.807, 2.05) is 0 Å². The molecule has 0 aliphatic heterocycles. The molecule has 0 saturated carbocycles. The quantitative estimate of drug-likeness (QED) is 0.0264. The van der Waals surface area contributed by atoms with Gasteiger partial charge in [0.25, 0.3) is 0 Å². The SMILES string of the molecule is CC/C=C\C/C=C\C/C=C\C/C=C\C/C=C\C/C=C\C/C=C\CCCCCCCCCCCCCCCCCC(=O)OC(COC(=O)CCCCCCCC/C=C\C/C=C\C/C=C\CCCCCCC)COP(=O)(O)OCCN. The first-order valence-electron chi connectivity index (χ1n) is 32.0. The minimum atomic E-state index is -4.40. The molecule has 2 atom stereocenters. The van der Waals surface area contributed by atoms with Gasteiger partial charge < -0.3 is 20.1 Å². The fourth-order valence-corrected chi connectivity index (χ4v) is 9.39. The number of nitrogens with two attached hydrogens (primary N) is 1. The number of phosphoric acid groups is 1. The summed E-state index contributed by atoms with van der Waals surface area (Å²) in [5.41, 5.74) is 5.39. The molecule has 0 aromatic heterocycles. The zero-order chi connectivity index (χ0) is 57.3. The average molecular weight is 1120 g/mol. The van der Waals surface area contributed by atoms with E-state index >= 15 is 0 Å². The molecule has 0 bridgehead atoms. The first kappa shape index (κ1) is 75.4. The van der Waals surface area contributed by atoms with E-state index in [4.69, 9.17) is 24.3 Å². The summed E-state index contributed by atoms with van der Waals surface area (Å²) in [6, 6.07) is 0. The van der Waals surface area contributed by atoms with Crippen LogP contribution in [0.15, 0.2) is 122 Å². The Bertz CT molecular complexity index is 1710. The fraction of sp³-hybridized carbons (Fsp3) is 0.681. The van der Waals surface area contributed by atoms with Crippen molar-refractivity contribution in [3.63, 3.8) is 0 Å². The number of esters is 2. The third kappa shape index (κ3) is 63.5. The first-order chi connectivity index (χ1) is 38.8. The molecule has 0 aromatic rings. The van der Waals surface area contributed by atoms with Crippen molar-refractivity contribution in [3.8, 4) is 0 Å². The first-order valence-corrected chi connectivity index (χ1v) is 33.5. The highest BCUT2D eigenvalue weighted by Crippen LogP contribution is 2.43. The van der Waals surface area contributed by atoms with Gasteiger partial charge in [-0.1, -0.05) is 270 Å². The van der Waals surface area contributed by atoms with Crippen LogP contribution in [0.4, 0.5) is 0 Å². The highest BCUT2D eigenvalue weighted by atomic mass is 31.2. The Kier molecular flexibility index (Phi) is 60.7. The molecule has 2 unspecified atom stereocenters. The number of allylic oxidation sites excluding steroid dienone is 20. The van der Waals surface area contributed by atoms with Gasteiger partial charge in [-0.05, 0) is 109 Å². The number of hydrogen-bond donors (Lipinski definition) is 2. The monoisotopic (exact) mass is 1120 g/mol. The lowest BCUT2D eigenvalue weighted by Crippen LogP contribution is -2.29. The minimum absolute atomic E-state index is 0.0469. The Labute approximate surface area is 485 Å². The van der Waals surface area contributed by atoms with E-state index in [0.29, 0.717) is 12.8 Å². The molecule has 0 aliphatic carbocycles. The highest BCUT2D eigenvalue weighted by Gasteiger charge is 2.26. The Morgan fingerprint density at radius 1 is 0.392 bits per heavy atom. The lowest BCUT2D eigenvalue weighted by Gasteiger charge is -2.19. The van der Waals surface area contributed by atoms with E-state index in [1.165, 1.54) is 128 Å². The molecule has 0 heterocycles. The van der Waals surface area contributed by atoms with Crippen molar-refractivity contribution in [2.45, 2.75) is 277 Å². The van der Waals surface area contributed by atoms with Crippen molar-refractivity contribution in [3.05, 3.63) is 122 Å². The van der Waals surface area contributed by atoms with Crippen LogP contribution in [0.3, 0.4) is 0 Å². The Balaban J connectivity index is 3.94. The highest BCUT2D eigenvalue weighted by molar-refractivity contribution is 7.47. The van der Waals surface area contributed by atoms with Crippen LogP contribution < -0.4 is 5.73 Å². The maximum atomic E-state index is 12.7. The van der Waals surface area contributed by atoms with Gasteiger partial charge in [0.2, 0.25) is 0 Å². The van der Waals surface area contributed by atoms with Crippen LogP contribution in [0.5, 0.6) is 0 Å². The molecular formula is C69H118NO8P.